The molecule has 0 fully saturated rings. The molecule has 0 spiro atoms. The molecule has 72 valence electrons. The zero-order valence-corrected chi connectivity index (χ0v) is 7.40. The minimum atomic E-state index is -4.45. The van der Waals surface area contributed by atoms with Gasteiger partial charge in [-0.2, -0.15) is 12.8 Å². The molecular formula is C6H9N3O3S. The standard InChI is InChI=1S/C6H9N3O3S/c7-5-3-1-2-4-6(5)9(8)13(10,11)12/h1-4H,7-8H2,(H,10,11,12). The van der Waals surface area contributed by atoms with Crippen molar-refractivity contribution in [2.24, 2.45) is 5.84 Å². The Morgan fingerprint density at radius 3 is 2.31 bits per heavy atom. The molecule has 0 atom stereocenters. The van der Waals surface area contributed by atoms with Crippen molar-refractivity contribution in [1.29, 1.82) is 0 Å². The second-order valence-corrected chi connectivity index (χ2v) is 3.62. The summed E-state index contributed by atoms with van der Waals surface area (Å²) >= 11 is 0. The molecule has 5 N–H and O–H groups in total. The van der Waals surface area contributed by atoms with Gasteiger partial charge in [-0.1, -0.05) is 12.1 Å². The first-order valence-electron chi connectivity index (χ1n) is 3.30. The fourth-order valence-corrected chi connectivity index (χ4v) is 1.23. The number of anilines is 2. The Balaban J connectivity index is 3.17. The SMILES string of the molecule is Nc1ccccc1N(N)S(=O)(=O)O. The lowest BCUT2D eigenvalue weighted by Gasteiger charge is -2.15. The quantitative estimate of drug-likeness (QED) is 0.266. The molecule has 7 heteroatoms. The van der Waals surface area contributed by atoms with E-state index in [1.165, 1.54) is 12.1 Å². The van der Waals surface area contributed by atoms with Crippen LogP contribution >= 0.6 is 0 Å². The van der Waals surface area contributed by atoms with Crippen molar-refractivity contribution in [1.82, 2.24) is 0 Å². The second kappa shape index (κ2) is 3.21. The van der Waals surface area contributed by atoms with Crippen molar-refractivity contribution in [3.8, 4) is 0 Å². The molecule has 13 heavy (non-hydrogen) atoms. The van der Waals surface area contributed by atoms with Crippen molar-refractivity contribution in [3.63, 3.8) is 0 Å². The third kappa shape index (κ3) is 2.08. The van der Waals surface area contributed by atoms with Crippen LogP contribution in [0, 0.1) is 0 Å². The van der Waals surface area contributed by atoms with Gasteiger partial charge in [-0.25, -0.2) is 5.84 Å². The topological polar surface area (TPSA) is 110 Å². The Bertz CT molecular complexity index is 403. The van der Waals surface area contributed by atoms with E-state index in [1.54, 1.807) is 12.1 Å². The van der Waals surface area contributed by atoms with E-state index in [0.717, 1.165) is 0 Å². The van der Waals surface area contributed by atoms with Gasteiger partial charge in [0.15, 0.2) is 0 Å². The molecule has 0 aliphatic rings. The van der Waals surface area contributed by atoms with E-state index in [-0.39, 0.29) is 15.8 Å². The maximum atomic E-state index is 10.6. The molecule has 0 aliphatic heterocycles. The number of hydrazine groups is 1. The van der Waals surface area contributed by atoms with E-state index in [9.17, 15) is 8.42 Å². The maximum absolute atomic E-state index is 10.6. The lowest BCUT2D eigenvalue weighted by atomic mass is 10.3. The largest absolute Gasteiger partial charge is 0.397 e. The molecule has 0 aromatic heterocycles. The molecule has 1 aromatic carbocycles. The minimum absolute atomic E-state index is 0.0324. The van der Waals surface area contributed by atoms with Crippen molar-refractivity contribution >= 4 is 21.7 Å². The molecule has 0 radical (unpaired) electrons. The molecule has 0 saturated heterocycles. The van der Waals surface area contributed by atoms with Crippen molar-refractivity contribution in [3.05, 3.63) is 24.3 Å². The lowest BCUT2D eigenvalue weighted by Crippen LogP contribution is -2.37. The van der Waals surface area contributed by atoms with Crippen molar-refractivity contribution in [2.75, 3.05) is 10.1 Å². The number of nitrogen functional groups attached to an aromatic ring is 1. The van der Waals surface area contributed by atoms with Crippen LogP contribution in [0.25, 0.3) is 0 Å². The van der Waals surface area contributed by atoms with Crippen LogP contribution in [-0.2, 0) is 10.3 Å². The molecule has 6 nitrogen and oxygen atoms in total. The summed E-state index contributed by atoms with van der Waals surface area (Å²) in [5.74, 6) is 5.09. The fourth-order valence-electron chi connectivity index (χ4n) is 0.813. The van der Waals surface area contributed by atoms with Crippen LogP contribution in [0.3, 0.4) is 0 Å². The molecule has 1 rings (SSSR count). The van der Waals surface area contributed by atoms with Crippen molar-refractivity contribution < 1.29 is 13.0 Å². The predicted octanol–water partition coefficient (Wildman–Crippen LogP) is -0.248. The van der Waals surface area contributed by atoms with Gasteiger partial charge < -0.3 is 5.73 Å². The average Bonchev–Trinajstić information content (AvgIpc) is 2.02. The number of nitrogens with two attached hydrogens (primary N) is 2. The average molecular weight is 203 g/mol. The first kappa shape index (κ1) is 9.78. The summed E-state index contributed by atoms with van der Waals surface area (Å²) in [4.78, 5) is 0. The Morgan fingerprint density at radius 2 is 1.85 bits per heavy atom. The van der Waals surface area contributed by atoms with Gasteiger partial charge in [0.05, 0.1) is 11.4 Å². The minimum Gasteiger partial charge on any atom is -0.397 e. The Hall–Kier alpha value is -1.31. The summed E-state index contributed by atoms with van der Waals surface area (Å²) in [6.45, 7) is 0. The van der Waals surface area contributed by atoms with Gasteiger partial charge in [0.2, 0.25) is 0 Å². The van der Waals surface area contributed by atoms with E-state index in [0.29, 0.717) is 0 Å². The van der Waals surface area contributed by atoms with Gasteiger partial charge >= 0.3 is 10.3 Å². The van der Waals surface area contributed by atoms with Gasteiger partial charge in [-0.05, 0) is 12.1 Å². The number of hydrogen-bond donors (Lipinski definition) is 3. The normalized spacial score (nSPS) is 11.2. The second-order valence-electron chi connectivity index (χ2n) is 2.33. The molecule has 0 amide bonds. The van der Waals surface area contributed by atoms with Crippen LogP contribution in [0.2, 0.25) is 0 Å². The van der Waals surface area contributed by atoms with Gasteiger partial charge in [0.25, 0.3) is 0 Å². The zero-order chi connectivity index (χ0) is 10.1. The molecule has 0 heterocycles. The number of benzene rings is 1. The van der Waals surface area contributed by atoms with E-state index in [1.807, 2.05) is 0 Å². The molecule has 1 aromatic rings. The Morgan fingerprint density at radius 1 is 1.31 bits per heavy atom. The van der Waals surface area contributed by atoms with Crippen LogP contribution in [0.4, 0.5) is 11.4 Å². The summed E-state index contributed by atoms with van der Waals surface area (Å²) in [5.41, 5.74) is 5.62. The number of nitrogens with zero attached hydrogens (tertiary/aromatic N) is 1. The smallest absolute Gasteiger partial charge is 0.373 e. The fraction of sp³-hybridized carbons (Fsp3) is 0. The van der Waals surface area contributed by atoms with Crippen LogP contribution in [0.1, 0.15) is 0 Å². The highest BCUT2D eigenvalue weighted by molar-refractivity contribution is 7.87. The summed E-state index contributed by atoms with van der Waals surface area (Å²) in [6, 6.07) is 6.02. The zero-order valence-electron chi connectivity index (χ0n) is 6.58. The summed E-state index contributed by atoms with van der Waals surface area (Å²) in [6.07, 6.45) is 0. The van der Waals surface area contributed by atoms with Crippen LogP contribution in [0.5, 0.6) is 0 Å². The molecule has 0 unspecified atom stereocenters. The molecule has 0 saturated carbocycles. The summed E-state index contributed by atoms with van der Waals surface area (Å²) < 4.78 is 30.0. The Labute approximate surface area is 75.6 Å². The highest BCUT2D eigenvalue weighted by Crippen LogP contribution is 2.21. The van der Waals surface area contributed by atoms with Gasteiger partial charge in [-0.15, -0.1) is 0 Å². The molecular weight excluding hydrogens is 194 g/mol. The van der Waals surface area contributed by atoms with Gasteiger partial charge in [0.1, 0.15) is 0 Å². The van der Waals surface area contributed by atoms with Gasteiger partial charge in [0, 0.05) is 0 Å². The number of para-hydroxylation sites is 2. The van der Waals surface area contributed by atoms with Crippen LogP contribution in [-0.4, -0.2) is 13.0 Å². The Kier molecular flexibility index (Phi) is 2.41. The van der Waals surface area contributed by atoms with Crippen LogP contribution < -0.4 is 16.0 Å². The predicted molar refractivity (Wildman–Crippen MR) is 49.1 cm³/mol. The monoisotopic (exact) mass is 203 g/mol. The number of hydrogen-bond acceptors (Lipinski definition) is 4. The lowest BCUT2D eigenvalue weighted by molar-refractivity contribution is 0.479. The molecule has 0 aliphatic carbocycles. The van der Waals surface area contributed by atoms with E-state index in [2.05, 4.69) is 0 Å². The number of rotatable bonds is 2. The van der Waals surface area contributed by atoms with E-state index in [4.69, 9.17) is 16.1 Å². The van der Waals surface area contributed by atoms with Crippen LogP contribution in [0.15, 0.2) is 24.3 Å². The first-order valence-corrected chi connectivity index (χ1v) is 4.69. The highest BCUT2D eigenvalue weighted by Gasteiger charge is 2.16. The maximum Gasteiger partial charge on any atom is 0.373 e. The third-order valence-corrected chi connectivity index (χ3v) is 2.12. The summed E-state index contributed by atoms with van der Waals surface area (Å²) in [5, 5.41) is 0. The summed E-state index contributed by atoms with van der Waals surface area (Å²) in [7, 11) is -4.45. The van der Waals surface area contributed by atoms with E-state index >= 15 is 0 Å². The first-order chi connectivity index (χ1) is 5.93. The van der Waals surface area contributed by atoms with Gasteiger partial charge in [-0.3, -0.25) is 4.55 Å². The third-order valence-electron chi connectivity index (χ3n) is 1.42. The van der Waals surface area contributed by atoms with Crippen molar-refractivity contribution in [2.45, 2.75) is 0 Å². The molecule has 0 bridgehead atoms. The van der Waals surface area contributed by atoms with E-state index < -0.39 is 10.3 Å². The highest BCUT2D eigenvalue weighted by atomic mass is 32.2.